The van der Waals surface area contributed by atoms with Crippen LogP contribution in [-0.2, 0) is 13.5 Å². The highest BCUT2D eigenvalue weighted by atomic mass is 35.5. The molecular formula is C7H8ClN. The Morgan fingerprint density at radius 3 is 2.56 bits per heavy atom. The van der Waals surface area contributed by atoms with Gasteiger partial charge < -0.3 is 4.57 Å². The minimum absolute atomic E-state index is 0.545. The molecule has 1 rings (SSSR count). The Hall–Kier alpha value is -0.430. The lowest BCUT2D eigenvalue weighted by molar-refractivity contribution is 0.858. The number of hydrogen-bond donors (Lipinski definition) is 0. The summed E-state index contributed by atoms with van der Waals surface area (Å²) in [5.74, 6) is 0. The largest absolute Gasteiger partial charge is 0.339 e. The zero-order valence-corrected chi connectivity index (χ0v) is 6.02. The van der Waals surface area contributed by atoms with Gasteiger partial charge in [0.1, 0.15) is 5.15 Å². The summed E-state index contributed by atoms with van der Waals surface area (Å²) in [6.45, 7) is 5.38. The van der Waals surface area contributed by atoms with Crippen molar-refractivity contribution in [3.05, 3.63) is 29.9 Å². The molecule has 1 nitrogen and oxygen atoms in total. The Morgan fingerprint density at radius 2 is 2.33 bits per heavy atom. The van der Waals surface area contributed by atoms with Crippen LogP contribution in [0.25, 0.3) is 0 Å². The van der Waals surface area contributed by atoms with Gasteiger partial charge in [-0.25, -0.2) is 0 Å². The van der Waals surface area contributed by atoms with Crippen molar-refractivity contribution in [2.75, 3.05) is 0 Å². The van der Waals surface area contributed by atoms with Crippen molar-refractivity contribution >= 4 is 11.6 Å². The van der Waals surface area contributed by atoms with Crippen molar-refractivity contribution in [3.63, 3.8) is 0 Å². The number of nitrogens with zero attached hydrogens (tertiary/aromatic N) is 1. The van der Waals surface area contributed by atoms with Crippen molar-refractivity contribution < 1.29 is 0 Å². The lowest BCUT2D eigenvalue weighted by Crippen LogP contribution is -1.92. The van der Waals surface area contributed by atoms with Gasteiger partial charge in [0.25, 0.3) is 0 Å². The SMILES string of the molecule is [CH]Cc1ccc(Cl)n1C. The number of rotatable bonds is 1. The van der Waals surface area contributed by atoms with E-state index in [-0.39, 0.29) is 0 Å². The predicted octanol–water partition coefficient (Wildman–Crippen LogP) is 1.93. The summed E-state index contributed by atoms with van der Waals surface area (Å²) in [5.41, 5.74) is 1.06. The average molecular weight is 142 g/mol. The molecule has 0 amide bonds. The minimum Gasteiger partial charge on any atom is -0.339 e. The number of aromatic nitrogens is 1. The molecule has 0 saturated heterocycles. The third-order valence-electron chi connectivity index (χ3n) is 1.37. The lowest BCUT2D eigenvalue weighted by atomic mass is 10.3. The van der Waals surface area contributed by atoms with Gasteiger partial charge in [0.2, 0.25) is 0 Å². The van der Waals surface area contributed by atoms with Gasteiger partial charge in [-0.3, -0.25) is 0 Å². The van der Waals surface area contributed by atoms with Crippen LogP contribution in [0.15, 0.2) is 12.1 Å². The second kappa shape index (κ2) is 2.44. The van der Waals surface area contributed by atoms with Gasteiger partial charge in [0.15, 0.2) is 0 Å². The van der Waals surface area contributed by atoms with Crippen LogP contribution in [0, 0.1) is 6.92 Å². The van der Waals surface area contributed by atoms with E-state index in [0.717, 1.165) is 10.8 Å². The van der Waals surface area contributed by atoms with Crippen molar-refractivity contribution in [2.45, 2.75) is 6.42 Å². The first kappa shape index (κ1) is 6.69. The highest BCUT2D eigenvalue weighted by Crippen LogP contribution is 2.11. The van der Waals surface area contributed by atoms with Crippen LogP contribution < -0.4 is 0 Å². The van der Waals surface area contributed by atoms with E-state index in [1.807, 2.05) is 23.7 Å². The van der Waals surface area contributed by atoms with E-state index in [9.17, 15) is 0 Å². The second-order valence-corrected chi connectivity index (χ2v) is 2.30. The standard InChI is InChI=1S/C7H8ClN/c1-3-6-4-5-7(8)9(6)2/h1,4-5H,3H2,2H3. The maximum Gasteiger partial charge on any atom is 0.108 e. The summed E-state index contributed by atoms with van der Waals surface area (Å²) in [6.07, 6.45) is 0.545. The smallest absolute Gasteiger partial charge is 0.108 e. The highest BCUT2D eigenvalue weighted by molar-refractivity contribution is 6.29. The first-order valence-corrected chi connectivity index (χ1v) is 3.13. The van der Waals surface area contributed by atoms with E-state index >= 15 is 0 Å². The molecule has 0 atom stereocenters. The Bertz CT molecular complexity index is 203. The Balaban J connectivity index is 3.04. The zero-order valence-electron chi connectivity index (χ0n) is 5.26. The van der Waals surface area contributed by atoms with Crippen LogP contribution in [0.1, 0.15) is 5.69 Å². The zero-order chi connectivity index (χ0) is 6.85. The van der Waals surface area contributed by atoms with Gasteiger partial charge in [0.05, 0.1) is 0 Å². The third-order valence-corrected chi connectivity index (χ3v) is 1.75. The number of hydrogen-bond acceptors (Lipinski definition) is 0. The molecule has 1 aromatic heterocycles. The molecule has 2 radical (unpaired) electrons. The van der Waals surface area contributed by atoms with Crippen LogP contribution in [0.3, 0.4) is 0 Å². The third kappa shape index (κ3) is 1.11. The van der Waals surface area contributed by atoms with Gasteiger partial charge in [-0.05, 0) is 25.5 Å². The summed E-state index contributed by atoms with van der Waals surface area (Å²) in [5, 5.41) is 0.732. The normalized spacial score (nSPS) is 10.1. The van der Waals surface area contributed by atoms with Crippen LogP contribution in [0.5, 0.6) is 0 Å². The maximum atomic E-state index is 5.72. The molecule has 0 fully saturated rings. The molecule has 0 aliphatic heterocycles. The van der Waals surface area contributed by atoms with Crippen molar-refractivity contribution in [2.24, 2.45) is 7.05 Å². The van der Waals surface area contributed by atoms with Crippen LogP contribution in [0.2, 0.25) is 5.15 Å². The molecule has 1 heterocycles. The molecule has 1 aromatic rings. The summed E-state index contributed by atoms with van der Waals surface area (Å²) in [6, 6.07) is 3.76. The molecule has 0 aliphatic carbocycles. The molecule has 48 valence electrons. The Morgan fingerprint density at radius 1 is 1.67 bits per heavy atom. The van der Waals surface area contributed by atoms with E-state index in [2.05, 4.69) is 0 Å². The first-order valence-electron chi connectivity index (χ1n) is 2.76. The molecular weight excluding hydrogens is 134 g/mol. The number of halogens is 1. The molecule has 0 N–H and O–H groups in total. The molecule has 9 heavy (non-hydrogen) atoms. The van der Waals surface area contributed by atoms with Gasteiger partial charge >= 0.3 is 0 Å². The fourth-order valence-electron chi connectivity index (χ4n) is 0.731. The molecule has 0 bridgehead atoms. The van der Waals surface area contributed by atoms with E-state index in [0.29, 0.717) is 6.42 Å². The second-order valence-electron chi connectivity index (χ2n) is 1.91. The quantitative estimate of drug-likeness (QED) is 0.563. The van der Waals surface area contributed by atoms with Crippen molar-refractivity contribution in [1.82, 2.24) is 4.57 Å². The molecule has 2 heteroatoms. The molecule has 0 saturated carbocycles. The van der Waals surface area contributed by atoms with Gasteiger partial charge in [-0.2, -0.15) is 0 Å². The average Bonchev–Trinajstić information content (AvgIpc) is 2.15. The van der Waals surface area contributed by atoms with E-state index in [1.54, 1.807) is 0 Å². The predicted molar refractivity (Wildman–Crippen MR) is 38.4 cm³/mol. The van der Waals surface area contributed by atoms with Gasteiger partial charge in [0, 0.05) is 12.7 Å². The Kier molecular flexibility index (Phi) is 1.81. The summed E-state index contributed by atoms with van der Waals surface area (Å²) < 4.78 is 1.86. The van der Waals surface area contributed by atoms with Crippen molar-refractivity contribution in [1.29, 1.82) is 0 Å². The van der Waals surface area contributed by atoms with E-state index in [1.165, 1.54) is 0 Å². The highest BCUT2D eigenvalue weighted by Gasteiger charge is 1.97. The molecule has 0 unspecified atom stereocenters. The van der Waals surface area contributed by atoms with Crippen LogP contribution in [-0.4, -0.2) is 4.57 Å². The van der Waals surface area contributed by atoms with Gasteiger partial charge in [-0.15, -0.1) is 0 Å². The van der Waals surface area contributed by atoms with E-state index in [4.69, 9.17) is 18.5 Å². The fraction of sp³-hybridized carbons (Fsp3) is 0.286. The minimum atomic E-state index is 0.545. The fourth-order valence-corrected chi connectivity index (χ4v) is 0.902. The van der Waals surface area contributed by atoms with Crippen LogP contribution >= 0.6 is 11.6 Å². The van der Waals surface area contributed by atoms with Crippen molar-refractivity contribution in [3.8, 4) is 0 Å². The topological polar surface area (TPSA) is 4.93 Å². The van der Waals surface area contributed by atoms with E-state index < -0.39 is 0 Å². The lowest BCUT2D eigenvalue weighted by Gasteiger charge is -1.98. The van der Waals surface area contributed by atoms with Crippen LogP contribution in [0.4, 0.5) is 0 Å². The summed E-state index contributed by atoms with van der Waals surface area (Å²) in [4.78, 5) is 0. The summed E-state index contributed by atoms with van der Waals surface area (Å²) >= 11 is 5.72. The van der Waals surface area contributed by atoms with Gasteiger partial charge in [-0.1, -0.05) is 11.6 Å². The molecule has 0 spiro atoms. The molecule has 0 aromatic carbocycles. The molecule has 0 aliphatic rings. The summed E-state index contributed by atoms with van der Waals surface area (Å²) in [7, 11) is 1.89. The Labute approximate surface area is 60.2 Å². The maximum absolute atomic E-state index is 5.72. The monoisotopic (exact) mass is 141 g/mol. The first-order chi connectivity index (χ1) is 4.25.